The number of amides is 1. The smallest absolute Gasteiger partial charge is 0.237 e. The number of aryl methyl sites for hydroxylation is 2. The Labute approximate surface area is 162 Å². The monoisotopic (exact) mass is 394 g/mol. The number of carbonyl (C=O) groups is 1. The van der Waals surface area contributed by atoms with Crippen molar-refractivity contribution >= 4 is 35.0 Å². The first-order valence-electron chi connectivity index (χ1n) is 8.73. The zero-order valence-corrected chi connectivity index (χ0v) is 16.8. The first kappa shape index (κ1) is 19.0. The summed E-state index contributed by atoms with van der Waals surface area (Å²) in [5.41, 5.74) is 1.50. The highest BCUT2D eigenvalue weighted by molar-refractivity contribution is 8.00. The molecule has 1 aliphatic rings. The molecule has 0 spiro atoms. The number of rotatable bonds is 5. The van der Waals surface area contributed by atoms with Gasteiger partial charge in [-0.15, -0.1) is 10.2 Å². The minimum Gasteiger partial charge on any atom is -0.495 e. The highest BCUT2D eigenvalue weighted by Crippen LogP contribution is 2.32. The number of anilines is 1. The number of aromatic nitrogens is 3. The summed E-state index contributed by atoms with van der Waals surface area (Å²) >= 11 is 7.56. The zero-order valence-electron chi connectivity index (χ0n) is 15.2. The Bertz CT molecular complexity index is 809. The first-order valence-corrected chi connectivity index (χ1v) is 9.99. The lowest BCUT2D eigenvalue weighted by Crippen LogP contribution is -2.23. The lowest BCUT2D eigenvalue weighted by atomic mass is 10.2. The van der Waals surface area contributed by atoms with Gasteiger partial charge in [-0.25, -0.2) is 0 Å². The van der Waals surface area contributed by atoms with Gasteiger partial charge in [0.1, 0.15) is 11.6 Å². The van der Waals surface area contributed by atoms with Gasteiger partial charge in [0.2, 0.25) is 5.91 Å². The maximum atomic E-state index is 12.7. The topological polar surface area (TPSA) is 69.0 Å². The van der Waals surface area contributed by atoms with Crippen molar-refractivity contribution in [3.8, 4) is 5.75 Å². The van der Waals surface area contributed by atoms with Crippen LogP contribution in [0.1, 0.15) is 37.6 Å². The van der Waals surface area contributed by atoms with E-state index < -0.39 is 0 Å². The maximum absolute atomic E-state index is 12.7. The lowest BCUT2D eigenvalue weighted by molar-refractivity contribution is -0.115. The normalized spacial score (nSPS) is 15.1. The molecule has 1 N–H and O–H groups in total. The highest BCUT2D eigenvalue weighted by atomic mass is 35.5. The van der Waals surface area contributed by atoms with Gasteiger partial charge < -0.3 is 14.6 Å². The second kappa shape index (κ2) is 8.31. The summed E-state index contributed by atoms with van der Waals surface area (Å²) in [6.07, 6.45) is 4.43. The molecule has 0 unspecified atom stereocenters. The number of methoxy groups -OCH3 is 1. The summed E-state index contributed by atoms with van der Waals surface area (Å²) in [5.74, 6) is 1.45. The Hall–Kier alpha value is -1.73. The summed E-state index contributed by atoms with van der Waals surface area (Å²) in [6.45, 7) is 4.68. The molecule has 1 aromatic heterocycles. The fourth-order valence-electron chi connectivity index (χ4n) is 2.92. The SMILES string of the molecule is COc1cc(Cl)c(C)cc1NC(=O)[C@@H](C)Sc1nnc2n1CCCCC2. The number of nitrogens with one attached hydrogen (secondary N) is 1. The second-order valence-electron chi connectivity index (χ2n) is 6.41. The van der Waals surface area contributed by atoms with Crippen LogP contribution in [0, 0.1) is 6.92 Å². The van der Waals surface area contributed by atoms with E-state index in [1.54, 1.807) is 13.2 Å². The van der Waals surface area contributed by atoms with E-state index in [2.05, 4.69) is 20.1 Å². The van der Waals surface area contributed by atoms with Crippen LogP contribution in [0.4, 0.5) is 5.69 Å². The molecule has 8 heteroatoms. The molecule has 3 rings (SSSR count). The van der Waals surface area contributed by atoms with E-state index in [9.17, 15) is 4.79 Å². The number of thioether (sulfide) groups is 1. The molecule has 0 fully saturated rings. The van der Waals surface area contributed by atoms with Crippen LogP contribution >= 0.6 is 23.4 Å². The number of fused-ring (bicyclic) bond motifs is 1. The molecule has 1 aliphatic heterocycles. The van der Waals surface area contributed by atoms with Gasteiger partial charge in [-0.05, 0) is 38.3 Å². The van der Waals surface area contributed by atoms with Crippen LogP contribution in [0.3, 0.4) is 0 Å². The third-order valence-corrected chi connectivity index (χ3v) is 5.95. The molecular weight excluding hydrogens is 372 g/mol. The number of halogens is 1. The third-order valence-electron chi connectivity index (χ3n) is 4.47. The summed E-state index contributed by atoms with van der Waals surface area (Å²) in [6, 6.07) is 3.53. The van der Waals surface area contributed by atoms with E-state index in [0.717, 1.165) is 42.4 Å². The summed E-state index contributed by atoms with van der Waals surface area (Å²) in [5, 5.41) is 12.6. The largest absolute Gasteiger partial charge is 0.495 e. The molecule has 0 saturated heterocycles. The summed E-state index contributed by atoms with van der Waals surface area (Å²) < 4.78 is 7.47. The minimum absolute atomic E-state index is 0.110. The first-order chi connectivity index (χ1) is 12.5. The Balaban J connectivity index is 1.71. The molecule has 0 radical (unpaired) electrons. The fourth-order valence-corrected chi connectivity index (χ4v) is 3.97. The van der Waals surface area contributed by atoms with E-state index in [4.69, 9.17) is 16.3 Å². The Kier molecular flexibility index (Phi) is 6.09. The van der Waals surface area contributed by atoms with Gasteiger partial charge in [0.15, 0.2) is 5.16 Å². The predicted octanol–water partition coefficient (Wildman–Crippen LogP) is 4.09. The minimum atomic E-state index is -0.313. The van der Waals surface area contributed by atoms with Crippen LogP contribution in [-0.2, 0) is 17.8 Å². The molecule has 2 aromatic rings. The maximum Gasteiger partial charge on any atom is 0.237 e. The molecule has 140 valence electrons. The van der Waals surface area contributed by atoms with Gasteiger partial charge in [-0.1, -0.05) is 29.8 Å². The van der Waals surface area contributed by atoms with Crippen LogP contribution in [0.15, 0.2) is 17.3 Å². The number of nitrogens with zero attached hydrogens (tertiary/aromatic N) is 3. The van der Waals surface area contributed by atoms with Gasteiger partial charge in [-0.3, -0.25) is 4.79 Å². The van der Waals surface area contributed by atoms with Crippen molar-refractivity contribution in [2.75, 3.05) is 12.4 Å². The molecule has 6 nitrogen and oxygen atoms in total. The average molecular weight is 395 g/mol. The second-order valence-corrected chi connectivity index (χ2v) is 8.13. The van der Waals surface area contributed by atoms with Crippen LogP contribution < -0.4 is 10.1 Å². The van der Waals surface area contributed by atoms with Gasteiger partial charge in [0.25, 0.3) is 0 Å². The standard InChI is InChI=1S/C18H23ClN4O2S/c1-11-9-14(15(25-3)10-13(11)19)20-17(24)12(2)26-18-22-21-16-7-5-4-6-8-23(16)18/h9-10,12H,4-8H2,1-3H3,(H,20,24)/t12-/m1/s1. The van der Waals surface area contributed by atoms with Crippen LogP contribution in [0.5, 0.6) is 5.75 Å². The quantitative estimate of drug-likeness (QED) is 0.773. The number of hydrogen-bond donors (Lipinski definition) is 1. The van der Waals surface area contributed by atoms with Gasteiger partial charge >= 0.3 is 0 Å². The van der Waals surface area contributed by atoms with Crippen LogP contribution in [0.25, 0.3) is 0 Å². The number of ether oxygens (including phenoxy) is 1. The van der Waals surface area contributed by atoms with Gasteiger partial charge in [0.05, 0.1) is 18.0 Å². The fraction of sp³-hybridized carbons (Fsp3) is 0.500. The lowest BCUT2D eigenvalue weighted by Gasteiger charge is -2.15. The molecule has 26 heavy (non-hydrogen) atoms. The third kappa shape index (κ3) is 4.15. The Morgan fingerprint density at radius 2 is 2.15 bits per heavy atom. The summed E-state index contributed by atoms with van der Waals surface area (Å²) in [4.78, 5) is 12.7. The number of hydrogen-bond acceptors (Lipinski definition) is 5. The van der Waals surface area contributed by atoms with Gasteiger partial charge in [0, 0.05) is 24.1 Å². The van der Waals surface area contributed by atoms with Crippen molar-refractivity contribution in [2.24, 2.45) is 0 Å². The molecule has 1 amide bonds. The Morgan fingerprint density at radius 1 is 1.35 bits per heavy atom. The van der Waals surface area contributed by atoms with Gasteiger partial charge in [-0.2, -0.15) is 0 Å². The molecule has 2 heterocycles. The average Bonchev–Trinajstić information content (AvgIpc) is 2.84. The molecule has 0 bridgehead atoms. The van der Waals surface area contributed by atoms with Crippen molar-refractivity contribution < 1.29 is 9.53 Å². The van der Waals surface area contributed by atoms with E-state index in [1.807, 2.05) is 19.9 Å². The van der Waals surface area contributed by atoms with Crippen molar-refractivity contribution in [3.05, 3.63) is 28.5 Å². The van der Waals surface area contributed by atoms with Crippen molar-refractivity contribution in [1.29, 1.82) is 0 Å². The molecule has 1 atom stereocenters. The van der Waals surface area contributed by atoms with E-state index in [1.165, 1.54) is 18.2 Å². The van der Waals surface area contributed by atoms with Crippen LogP contribution in [0.2, 0.25) is 5.02 Å². The number of benzene rings is 1. The highest BCUT2D eigenvalue weighted by Gasteiger charge is 2.22. The number of carbonyl (C=O) groups excluding carboxylic acids is 1. The molecule has 1 aromatic carbocycles. The van der Waals surface area contributed by atoms with E-state index >= 15 is 0 Å². The predicted molar refractivity (Wildman–Crippen MR) is 104 cm³/mol. The summed E-state index contributed by atoms with van der Waals surface area (Å²) in [7, 11) is 1.56. The van der Waals surface area contributed by atoms with E-state index in [-0.39, 0.29) is 11.2 Å². The van der Waals surface area contributed by atoms with Crippen molar-refractivity contribution in [3.63, 3.8) is 0 Å². The molecule has 0 saturated carbocycles. The van der Waals surface area contributed by atoms with Crippen molar-refractivity contribution in [1.82, 2.24) is 14.8 Å². The van der Waals surface area contributed by atoms with Crippen molar-refractivity contribution in [2.45, 2.75) is 56.5 Å². The molecule has 0 aliphatic carbocycles. The van der Waals surface area contributed by atoms with E-state index in [0.29, 0.717) is 16.5 Å². The molecular formula is C18H23ClN4O2S. The zero-order chi connectivity index (χ0) is 18.7. The van der Waals surface area contributed by atoms with Crippen LogP contribution in [-0.4, -0.2) is 33.0 Å². The Morgan fingerprint density at radius 3 is 2.92 bits per heavy atom.